The van der Waals surface area contributed by atoms with Crippen LogP contribution >= 0.6 is 0 Å². The SMILES string of the molecule is COC(=O)N[C@H]1CCC[C@@H]1C(C)(c1ccccc1)C1CCN(CC2CN(c3ccc(S(=O)(=O)c4ccccc4)cc3)C2)CC1. The van der Waals surface area contributed by atoms with Crippen LogP contribution in [-0.4, -0.2) is 65.3 Å². The topological polar surface area (TPSA) is 79.0 Å². The minimum atomic E-state index is -3.50. The van der Waals surface area contributed by atoms with Crippen molar-refractivity contribution in [3.63, 3.8) is 0 Å². The molecule has 3 aliphatic rings. The van der Waals surface area contributed by atoms with Crippen molar-refractivity contribution in [3.05, 3.63) is 90.5 Å². The number of rotatable bonds is 9. The van der Waals surface area contributed by atoms with E-state index in [2.05, 4.69) is 52.4 Å². The summed E-state index contributed by atoms with van der Waals surface area (Å²) in [5, 5.41) is 3.17. The van der Waals surface area contributed by atoms with Crippen molar-refractivity contribution in [2.45, 2.75) is 60.3 Å². The summed E-state index contributed by atoms with van der Waals surface area (Å²) in [5.74, 6) is 1.55. The van der Waals surface area contributed by atoms with Gasteiger partial charge in [0.25, 0.3) is 0 Å². The van der Waals surface area contributed by atoms with Crippen molar-refractivity contribution < 1.29 is 17.9 Å². The fourth-order valence-corrected chi connectivity index (χ4v) is 9.44. The first-order chi connectivity index (χ1) is 21.3. The van der Waals surface area contributed by atoms with Crippen LogP contribution in [0.4, 0.5) is 10.5 Å². The average Bonchev–Trinajstić information content (AvgIpc) is 3.52. The Morgan fingerprint density at radius 1 is 0.864 bits per heavy atom. The van der Waals surface area contributed by atoms with Gasteiger partial charge in [0, 0.05) is 42.7 Å². The summed E-state index contributed by atoms with van der Waals surface area (Å²) in [5.41, 5.74) is 2.46. The second-order valence-electron chi connectivity index (χ2n) is 13.1. The molecule has 0 spiro atoms. The second kappa shape index (κ2) is 12.9. The van der Waals surface area contributed by atoms with Crippen molar-refractivity contribution in [2.75, 3.05) is 44.7 Å². The Balaban J connectivity index is 1.04. The number of nitrogens with one attached hydrogen (secondary N) is 1. The van der Waals surface area contributed by atoms with Gasteiger partial charge in [-0.2, -0.15) is 0 Å². The van der Waals surface area contributed by atoms with Crippen LogP contribution in [0, 0.1) is 17.8 Å². The van der Waals surface area contributed by atoms with Crippen LogP contribution < -0.4 is 10.2 Å². The van der Waals surface area contributed by atoms with Gasteiger partial charge in [-0.05, 0) is 92.6 Å². The number of hydrogen-bond acceptors (Lipinski definition) is 6. The average molecular weight is 616 g/mol. The van der Waals surface area contributed by atoms with Crippen molar-refractivity contribution in [1.82, 2.24) is 10.2 Å². The molecule has 3 aromatic rings. The van der Waals surface area contributed by atoms with E-state index in [4.69, 9.17) is 4.74 Å². The smallest absolute Gasteiger partial charge is 0.407 e. The van der Waals surface area contributed by atoms with Crippen LogP contribution in [0.15, 0.2) is 94.7 Å². The van der Waals surface area contributed by atoms with Gasteiger partial charge in [0.2, 0.25) is 9.84 Å². The second-order valence-corrected chi connectivity index (χ2v) is 15.0. The van der Waals surface area contributed by atoms with E-state index < -0.39 is 9.84 Å². The molecule has 44 heavy (non-hydrogen) atoms. The number of piperidine rings is 1. The van der Waals surface area contributed by atoms with Gasteiger partial charge in [-0.3, -0.25) is 0 Å². The Morgan fingerprint density at radius 2 is 1.48 bits per heavy atom. The molecular formula is C36H45N3O4S. The van der Waals surface area contributed by atoms with E-state index in [1.165, 1.54) is 12.7 Å². The first kappa shape index (κ1) is 30.7. The third-order valence-electron chi connectivity index (χ3n) is 10.6. The molecule has 1 saturated carbocycles. The Hall–Kier alpha value is -3.36. The van der Waals surface area contributed by atoms with Crippen molar-refractivity contribution in [3.8, 4) is 0 Å². The molecule has 234 valence electrons. The maximum Gasteiger partial charge on any atom is 0.407 e. The number of amides is 1. The molecule has 1 unspecified atom stereocenters. The molecule has 2 aliphatic heterocycles. The molecule has 3 aromatic carbocycles. The molecule has 0 bridgehead atoms. The number of carbonyl (C=O) groups is 1. The number of ether oxygens (including phenoxy) is 1. The zero-order valence-corrected chi connectivity index (χ0v) is 26.7. The Kier molecular flexibility index (Phi) is 9.01. The lowest BCUT2D eigenvalue weighted by molar-refractivity contribution is 0.0764. The Labute approximate surface area is 262 Å². The third kappa shape index (κ3) is 6.11. The summed E-state index contributed by atoms with van der Waals surface area (Å²) in [6.45, 7) is 7.73. The Bertz CT molecular complexity index is 1500. The fourth-order valence-electron chi connectivity index (χ4n) is 8.16. The third-order valence-corrected chi connectivity index (χ3v) is 12.4. The number of nitrogens with zero attached hydrogens (tertiary/aromatic N) is 2. The number of methoxy groups -OCH3 is 1. The minimum Gasteiger partial charge on any atom is -0.453 e. The van der Waals surface area contributed by atoms with Gasteiger partial charge in [-0.15, -0.1) is 0 Å². The number of likely N-dealkylation sites (tertiary alicyclic amines) is 1. The van der Waals surface area contributed by atoms with Gasteiger partial charge in [-0.25, -0.2) is 13.2 Å². The molecule has 8 heteroatoms. The van der Waals surface area contributed by atoms with Crippen LogP contribution in [-0.2, 0) is 20.0 Å². The van der Waals surface area contributed by atoms with Gasteiger partial charge in [0.1, 0.15) is 0 Å². The van der Waals surface area contributed by atoms with E-state index in [0.717, 1.165) is 70.5 Å². The van der Waals surface area contributed by atoms with Crippen molar-refractivity contribution >= 4 is 21.6 Å². The molecule has 3 atom stereocenters. The zero-order chi connectivity index (χ0) is 30.7. The van der Waals surface area contributed by atoms with Gasteiger partial charge < -0.3 is 19.9 Å². The number of sulfone groups is 1. The molecule has 6 rings (SSSR count). The van der Waals surface area contributed by atoms with Crippen LogP contribution in [0.3, 0.4) is 0 Å². The first-order valence-electron chi connectivity index (χ1n) is 16.1. The summed E-state index contributed by atoms with van der Waals surface area (Å²) in [4.78, 5) is 17.8. The van der Waals surface area contributed by atoms with Gasteiger partial charge in [0.15, 0.2) is 0 Å². The lowest BCUT2D eigenvalue weighted by atomic mass is 9.59. The summed E-state index contributed by atoms with van der Waals surface area (Å²) in [6, 6.07) is 27.0. The van der Waals surface area contributed by atoms with Crippen LogP contribution in [0.25, 0.3) is 0 Å². The van der Waals surface area contributed by atoms with E-state index in [-0.39, 0.29) is 17.6 Å². The fraction of sp³-hybridized carbons (Fsp3) is 0.472. The zero-order valence-electron chi connectivity index (χ0n) is 25.9. The first-order valence-corrected chi connectivity index (χ1v) is 17.5. The van der Waals surface area contributed by atoms with Crippen molar-refractivity contribution in [2.24, 2.45) is 17.8 Å². The standard InChI is InChI=1S/C36H45N3O4S/c1-36(28-10-5-3-6-11-28,33-14-9-15-34(33)37-35(40)43-2)29-20-22-38(23-21-29)24-27-25-39(26-27)30-16-18-32(19-17-30)44(41,42)31-12-7-4-8-13-31/h3-8,10-13,16-19,27,29,33-34H,9,14-15,20-26H2,1-2H3,(H,37,40)/t33-,34-,36?/m0/s1. The molecular weight excluding hydrogens is 570 g/mol. The van der Waals surface area contributed by atoms with Gasteiger partial charge >= 0.3 is 6.09 Å². The number of benzene rings is 3. The number of alkyl carbamates (subject to hydrolysis) is 1. The highest BCUT2D eigenvalue weighted by Gasteiger charge is 2.49. The minimum absolute atomic E-state index is 0.0110. The van der Waals surface area contributed by atoms with E-state index in [1.54, 1.807) is 36.4 Å². The summed E-state index contributed by atoms with van der Waals surface area (Å²) in [7, 11) is -2.05. The van der Waals surface area contributed by atoms with Gasteiger partial charge in [-0.1, -0.05) is 61.9 Å². The van der Waals surface area contributed by atoms with Crippen LogP contribution in [0.2, 0.25) is 0 Å². The van der Waals surface area contributed by atoms with E-state index in [0.29, 0.717) is 27.5 Å². The predicted molar refractivity (Wildman–Crippen MR) is 174 cm³/mol. The number of hydrogen-bond donors (Lipinski definition) is 1. The molecule has 1 aliphatic carbocycles. The van der Waals surface area contributed by atoms with E-state index in [1.807, 2.05) is 18.2 Å². The highest BCUT2D eigenvalue weighted by molar-refractivity contribution is 7.91. The molecule has 1 amide bonds. The quantitative estimate of drug-likeness (QED) is 0.311. The molecule has 0 radical (unpaired) electrons. The molecule has 3 fully saturated rings. The lowest BCUT2D eigenvalue weighted by Gasteiger charge is -2.49. The predicted octanol–water partition coefficient (Wildman–Crippen LogP) is 6.15. The number of anilines is 1. The van der Waals surface area contributed by atoms with E-state index >= 15 is 0 Å². The molecule has 2 heterocycles. The summed E-state index contributed by atoms with van der Waals surface area (Å²) >= 11 is 0. The maximum atomic E-state index is 12.9. The number of carbonyl (C=O) groups excluding carboxylic acids is 1. The highest BCUT2D eigenvalue weighted by atomic mass is 32.2. The summed E-state index contributed by atoms with van der Waals surface area (Å²) in [6.07, 6.45) is 5.24. The van der Waals surface area contributed by atoms with Crippen LogP contribution in [0.5, 0.6) is 0 Å². The molecule has 1 N–H and O–H groups in total. The summed E-state index contributed by atoms with van der Waals surface area (Å²) < 4.78 is 30.9. The van der Waals surface area contributed by atoms with Crippen molar-refractivity contribution in [1.29, 1.82) is 0 Å². The normalized spacial score (nSPS) is 23.1. The lowest BCUT2D eigenvalue weighted by Crippen LogP contribution is -2.54. The monoisotopic (exact) mass is 615 g/mol. The maximum absolute atomic E-state index is 12.9. The molecule has 2 saturated heterocycles. The van der Waals surface area contributed by atoms with Gasteiger partial charge in [0.05, 0.1) is 16.9 Å². The molecule has 0 aromatic heterocycles. The Morgan fingerprint density at radius 3 is 2.11 bits per heavy atom. The molecule has 7 nitrogen and oxygen atoms in total. The van der Waals surface area contributed by atoms with E-state index in [9.17, 15) is 13.2 Å². The highest BCUT2D eigenvalue weighted by Crippen LogP contribution is 2.50. The largest absolute Gasteiger partial charge is 0.453 e. The van der Waals surface area contributed by atoms with Crippen LogP contribution in [0.1, 0.15) is 44.6 Å².